The lowest BCUT2D eigenvalue weighted by molar-refractivity contribution is 0.112. The molecule has 0 unspecified atom stereocenters. The van der Waals surface area contributed by atoms with Gasteiger partial charge in [0.15, 0.2) is 11.1 Å². The molecule has 0 radical (unpaired) electrons. The van der Waals surface area contributed by atoms with E-state index in [0.717, 1.165) is 0 Å². The van der Waals surface area contributed by atoms with E-state index in [0.29, 0.717) is 11.8 Å². The molecule has 3 nitrogen and oxygen atoms in total. The van der Waals surface area contributed by atoms with Gasteiger partial charge in [-0.2, -0.15) is 0 Å². The van der Waals surface area contributed by atoms with Crippen LogP contribution in [0.3, 0.4) is 0 Å². The molecule has 0 atom stereocenters. The lowest BCUT2D eigenvalue weighted by atomic mass is 10.4. The number of hydrogen-bond donors (Lipinski definition) is 1. The molecular weight excluding hydrogens is 172 g/mol. The maximum Gasteiger partial charge on any atom is 0.197 e. The second kappa shape index (κ2) is 2.90. The Morgan fingerprint density at radius 1 is 1.80 bits per heavy atom. The van der Waals surface area contributed by atoms with Crippen LogP contribution in [0.15, 0.2) is 6.20 Å². The molecule has 1 N–H and O–H groups in total. The first kappa shape index (κ1) is 7.37. The standard InChI is InChI=1S/C5H3ClN2OS/c6-4-3(2-9)1-7-5(10)8-4/h1-2H,(H,7,8,10). The van der Waals surface area contributed by atoms with Crippen molar-refractivity contribution in [3.63, 3.8) is 0 Å². The van der Waals surface area contributed by atoms with E-state index in [1.165, 1.54) is 6.20 Å². The van der Waals surface area contributed by atoms with Crippen molar-refractivity contribution in [1.82, 2.24) is 9.97 Å². The normalized spacial score (nSPS) is 9.30. The third-order valence-corrected chi connectivity index (χ3v) is 1.44. The Morgan fingerprint density at radius 3 is 3.00 bits per heavy atom. The van der Waals surface area contributed by atoms with E-state index >= 15 is 0 Å². The molecule has 0 amide bonds. The molecule has 5 heteroatoms. The van der Waals surface area contributed by atoms with Gasteiger partial charge in [0.1, 0.15) is 5.15 Å². The van der Waals surface area contributed by atoms with E-state index in [1.54, 1.807) is 0 Å². The van der Waals surface area contributed by atoms with E-state index in [4.69, 9.17) is 11.6 Å². The van der Waals surface area contributed by atoms with Crippen molar-refractivity contribution in [3.8, 4) is 0 Å². The highest BCUT2D eigenvalue weighted by Gasteiger charge is 1.96. The highest BCUT2D eigenvalue weighted by atomic mass is 35.5. The predicted molar refractivity (Wildman–Crippen MR) is 39.8 cm³/mol. The predicted octanol–water partition coefficient (Wildman–Crippen LogP) is 1.61. The molecule has 0 fully saturated rings. The van der Waals surface area contributed by atoms with Crippen molar-refractivity contribution in [3.05, 3.63) is 21.7 Å². The fraction of sp³-hybridized carbons (Fsp3) is 0. The fourth-order valence-electron chi connectivity index (χ4n) is 0.465. The van der Waals surface area contributed by atoms with Crippen molar-refractivity contribution in [2.24, 2.45) is 0 Å². The van der Waals surface area contributed by atoms with Crippen molar-refractivity contribution >= 4 is 30.1 Å². The summed E-state index contributed by atoms with van der Waals surface area (Å²) in [5, 5.41) is 0.231. The number of carbonyl (C=O) groups is 1. The van der Waals surface area contributed by atoms with Gasteiger partial charge in [-0.1, -0.05) is 11.6 Å². The van der Waals surface area contributed by atoms with Crippen molar-refractivity contribution in [2.75, 3.05) is 0 Å². The van der Waals surface area contributed by atoms with E-state index < -0.39 is 0 Å². The van der Waals surface area contributed by atoms with E-state index in [9.17, 15) is 4.79 Å². The summed E-state index contributed by atoms with van der Waals surface area (Å²) in [7, 11) is 0. The highest BCUT2D eigenvalue weighted by molar-refractivity contribution is 7.71. The summed E-state index contributed by atoms with van der Waals surface area (Å²) in [6, 6.07) is 0. The smallest absolute Gasteiger partial charge is 0.197 e. The summed E-state index contributed by atoms with van der Waals surface area (Å²) in [5.74, 6) is 0. The molecule has 0 spiro atoms. The maximum absolute atomic E-state index is 10.2. The maximum atomic E-state index is 10.2. The number of aldehydes is 1. The van der Waals surface area contributed by atoms with E-state index in [1.807, 2.05) is 0 Å². The number of H-pyrrole nitrogens is 1. The van der Waals surface area contributed by atoms with Gasteiger partial charge in [0.05, 0.1) is 5.56 Å². The average Bonchev–Trinajstić information content (AvgIpc) is 1.88. The fourth-order valence-corrected chi connectivity index (χ4v) is 0.859. The highest BCUT2D eigenvalue weighted by Crippen LogP contribution is 2.06. The first-order valence-corrected chi connectivity index (χ1v) is 3.22. The summed E-state index contributed by atoms with van der Waals surface area (Å²) < 4.78 is 0.274. The van der Waals surface area contributed by atoms with Crippen LogP contribution in [0, 0.1) is 4.77 Å². The molecule has 0 bridgehead atoms. The number of rotatable bonds is 1. The topological polar surface area (TPSA) is 45.8 Å². The molecule has 0 aliphatic rings. The minimum atomic E-state index is 0.231. The molecule has 1 aromatic rings. The molecule has 10 heavy (non-hydrogen) atoms. The van der Waals surface area contributed by atoms with Crippen LogP contribution in [-0.4, -0.2) is 16.3 Å². The number of hydrogen-bond acceptors (Lipinski definition) is 3. The Kier molecular flexibility index (Phi) is 2.13. The molecule has 0 aliphatic carbocycles. The van der Waals surface area contributed by atoms with Crippen LogP contribution < -0.4 is 0 Å². The van der Waals surface area contributed by atoms with Gasteiger partial charge >= 0.3 is 0 Å². The monoisotopic (exact) mass is 174 g/mol. The first-order chi connectivity index (χ1) is 4.74. The Balaban J connectivity index is 3.32. The second-order valence-electron chi connectivity index (χ2n) is 1.58. The van der Waals surface area contributed by atoms with Crippen molar-refractivity contribution < 1.29 is 4.79 Å². The summed E-state index contributed by atoms with van der Waals surface area (Å²) in [5.41, 5.74) is 0.315. The summed E-state index contributed by atoms with van der Waals surface area (Å²) in [6.45, 7) is 0. The molecule has 52 valence electrons. The zero-order valence-electron chi connectivity index (χ0n) is 4.80. The number of aromatic amines is 1. The zero-order chi connectivity index (χ0) is 7.56. The van der Waals surface area contributed by atoms with Gasteiger partial charge in [-0.05, 0) is 12.2 Å². The number of aromatic nitrogens is 2. The number of nitrogens with zero attached hydrogens (tertiary/aromatic N) is 1. The molecule has 0 aliphatic heterocycles. The number of carbonyl (C=O) groups excluding carboxylic acids is 1. The van der Waals surface area contributed by atoms with Crippen LogP contribution in [0.25, 0.3) is 0 Å². The quantitative estimate of drug-likeness (QED) is 0.400. The Bertz CT molecular complexity index is 309. The Labute approximate surface area is 67.1 Å². The number of halogens is 1. The minimum absolute atomic E-state index is 0.231. The van der Waals surface area contributed by atoms with Gasteiger partial charge in [-0.25, -0.2) is 4.98 Å². The zero-order valence-corrected chi connectivity index (χ0v) is 6.37. The third-order valence-electron chi connectivity index (χ3n) is 0.918. The molecule has 1 rings (SSSR count). The van der Waals surface area contributed by atoms with Crippen LogP contribution in [-0.2, 0) is 0 Å². The second-order valence-corrected chi connectivity index (χ2v) is 2.34. The Morgan fingerprint density at radius 2 is 2.50 bits per heavy atom. The van der Waals surface area contributed by atoms with Gasteiger partial charge in [0.2, 0.25) is 0 Å². The van der Waals surface area contributed by atoms with Gasteiger partial charge in [0.25, 0.3) is 0 Å². The minimum Gasteiger partial charge on any atom is -0.321 e. The lowest BCUT2D eigenvalue weighted by Crippen LogP contribution is -1.88. The molecule has 1 aromatic heterocycles. The molecule has 0 aromatic carbocycles. The van der Waals surface area contributed by atoms with E-state index in [-0.39, 0.29) is 9.92 Å². The molecule has 0 saturated heterocycles. The van der Waals surface area contributed by atoms with Gasteiger partial charge in [-0.15, -0.1) is 0 Å². The largest absolute Gasteiger partial charge is 0.321 e. The summed E-state index contributed by atoms with van der Waals surface area (Å²) in [6.07, 6.45) is 1.94. The van der Waals surface area contributed by atoms with Crippen molar-refractivity contribution in [1.29, 1.82) is 0 Å². The van der Waals surface area contributed by atoms with Crippen LogP contribution in [0.1, 0.15) is 10.4 Å². The SMILES string of the molecule is O=Cc1cnc(=S)[nH]c1Cl. The van der Waals surface area contributed by atoms with Crippen molar-refractivity contribution in [2.45, 2.75) is 0 Å². The van der Waals surface area contributed by atoms with Crippen LogP contribution in [0.4, 0.5) is 0 Å². The summed E-state index contributed by atoms with van der Waals surface area (Å²) in [4.78, 5) is 16.3. The first-order valence-electron chi connectivity index (χ1n) is 2.44. The van der Waals surface area contributed by atoms with E-state index in [2.05, 4.69) is 22.2 Å². The van der Waals surface area contributed by atoms with Gasteiger partial charge in [0, 0.05) is 6.20 Å². The van der Waals surface area contributed by atoms with Gasteiger partial charge in [-0.3, -0.25) is 4.79 Å². The average molecular weight is 175 g/mol. The van der Waals surface area contributed by atoms with Crippen LogP contribution in [0.2, 0.25) is 5.15 Å². The van der Waals surface area contributed by atoms with Crippen LogP contribution in [0.5, 0.6) is 0 Å². The molecule has 0 saturated carbocycles. The lowest BCUT2D eigenvalue weighted by Gasteiger charge is -1.91. The van der Waals surface area contributed by atoms with Gasteiger partial charge < -0.3 is 4.98 Å². The number of nitrogens with one attached hydrogen (secondary N) is 1. The Hall–Kier alpha value is -0.740. The summed E-state index contributed by atoms with van der Waals surface area (Å²) >= 11 is 10.2. The molecular formula is C5H3ClN2OS. The molecule has 1 heterocycles. The third kappa shape index (κ3) is 1.40. The van der Waals surface area contributed by atoms with Crippen LogP contribution >= 0.6 is 23.8 Å².